The lowest BCUT2D eigenvalue weighted by Crippen LogP contribution is -2.42. The van der Waals surface area contributed by atoms with Gasteiger partial charge in [-0.1, -0.05) is 32.0 Å². The third kappa shape index (κ3) is 6.65. The van der Waals surface area contributed by atoms with Gasteiger partial charge >= 0.3 is 0 Å². The molecule has 10 heteroatoms. The van der Waals surface area contributed by atoms with Gasteiger partial charge in [-0.05, 0) is 59.7 Å². The van der Waals surface area contributed by atoms with Gasteiger partial charge < -0.3 is 15.2 Å². The summed E-state index contributed by atoms with van der Waals surface area (Å²) in [5, 5.41) is 1.48. The summed E-state index contributed by atoms with van der Waals surface area (Å²) in [5.74, 6) is 0.769. The van der Waals surface area contributed by atoms with Gasteiger partial charge in [0, 0.05) is 68.4 Å². The van der Waals surface area contributed by atoms with Crippen LogP contribution < -0.4 is 11.3 Å². The Labute approximate surface area is 247 Å². The highest BCUT2D eigenvalue weighted by atomic mass is 32.2. The van der Waals surface area contributed by atoms with Crippen LogP contribution in [0.25, 0.3) is 28.0 Å². The van der Waals surface area contributed by atoms with Crippen molar-refractivity contribution in [3.63, 3.8) is 0 Å². The van der Waals surface area contributed by atoms with Crippen LogP contribution in [-0.2, 0) is 21.2 Å². The molecule has 0 unspecified atom stereocenters. The number of benzene rings is 2. The lowest BCUT2D eigenvalue weighted by Gasteiger charge is -2.26. The predicted octanol–water partition coefficient (Wildman–Crippen LogP) is 3.82. The van der Waals surface area contributed by atoms with Gasteiger partial charge in [-0.15, -0.1) is 0 Å². The topological polar surface area (TPSA) is 118 Å². The quantitative estimate of drug-likeness (QED) is 0.406. The molecule has 2 aromatic carbocycles. The van der Waals surface area contributed by atoms with Gasteiger partial charge in [0.05, 0.1) is 17.2 Å². The van der Waals surface area contributed by atoms with Crippen molar-refractivity contribution in [2.45, 2.75) is 39.7 Å². The molecule has 3 heterocycles. The van der Waals surface area contributed by atoms with Crippen molar-refractivity contribution >= 4 is 44.1 Å². The number of aromatic nitrogens is 1. The molecule has 1 saturated heterocycles. The van der Waals surface area contributed by atoms with E-state index in [1.807, 2.05) is 53.4 Å². The number of rotatable bonds is 9. The van der Waals surface area contributed by atoms with Gasteiger partial charge in [-0.2, -0.15) is 0 Å². The molecule has 222 valence electrons. The Bertz CT molecular complexity index is 1700. The van der Waals surface area contributed by atoms with Crippen molar-refractivity contribution in [2.75, 3.05) is 44.2 Å². The zero-order valence-electron chi connectivity index (χ0n) is 24.4. The van der Waals surface area contributed by atoms with Crippen LogP contribution in [0.3, 0.4) is 0 Å². The van der Waals surface area contributed by atoms with Gasteiger partial charge in [0.25, 0.3) is 5.56 Å². The number of amidine groups is 1. The number of fused-ring (bicyclic) bond motifs is 2. The van der Waals surface area contributed by atoms with Crippen LogP contribution in [0.5, 0.6) is 0 Å². The highest BCUT2D eigenvalue weighted by Crippen LogP contribution is 2.33. The van der Waals surface area contributed by atoms with E-state index in [4.69, 9.17) is 5.73 Å². The first-order valence-electron chi connectivity index (χ1n) is 14.7. The molecule has 42 heavy (non-hydrogen) atoms. The van der Waals surface area contributed by atoms with Crippen molar-refractivity contribution in [2.24, 2.45) is 10.7 Å². The number of hydrogen-bond donors (Lipinski definition) is 1. The number of carbonyl (C=O) groups is 1. The van der Waals surface area contributed by atoms with Crippen LogP contribution in [0.15, 0.2) is 64.0 Å². The van der Waals surface area contributed by atoms with Crippen molar-refractivity contribution < 1.29 is 13.2 Å². The molecule has 1 amide bonds. The fourth-order valence-corrected chi connectivity index (χ4v) is 6.91. The lowest BCUT2D eigenvalue weighted by atomic mass is 9.99. The summed E-state index contributed by atoms with van der Waals surface area (Å²) in [4.78, 5) is 35.1. The Morgan fingerprint density at radius 1 is 0.976 bits per heavy atom. The minimum Gasteiger partial charge on any atom is -0.387 e. The maximum Gasteiger partial charge on any atom is 0.258 e. The first-order valence-corrected chi connectivity index (χ1v) is 16.5. The smallest absolute Gasteiger partial charge is 0.258 e. The highest BCUT2D eigenvalue weighted by molar-refractivity contribution is 7.91. The molecule has 2 aliphatic heterocycles. The Morgan fingerprint density at radius 2 is 1.67 bits per heavy atom. The number of carbonyl (C=O) groups excluding carboxylic acids is 1. The molecule has 0 saturated carbocycles. The Balaban J connectivity index is 1.37. The summed E-state index contributed by atoms with van der Waals surface area (Å²) in [7, 11) is -2.93. The number of amides is 1. The number of nitrogens with zero attached hydrogens (tertiary/aromatic N) is 4. The van der Waals surface area contributed by atoms with E-state index >= 15 is 0 Å². The van der Waals surface area contributed by atoms with Crippen LogP contribution in [-0.4, -0.2) is 78.8 Å². The molecule has 2 N–H and O–H groups in total. The van der Waals surface area contributed by atoms with Gasteiger partial charge in [0.1, 0.15) is 5.84 Å². The van der Waals surface area contributed by atoms with E-state index in [1.54, 1.807) is 10.8 Å². The fourth-order valence-electron chi connectivity index (χ4n) is 5.63. The molecule has 3 aromatic rings. The fraction of sp³-hybridized carbons (Fsp3) is 0.406. The van der Waals surface area contributed by atoms with E-state index in [-0.39, 0.29) is 23.0 Å². The number of aliphatic imine (C=N–C) groups is 1. The van der Waals surface area contributed by atoms with Crippen molar-refractivity contribution in [3.8, 4) is 11.1 Å². The molecule has 2 aliphatic rings. The number of nitrogens with two attached hydrogens (primary N) is 1. The minimum absolute atomic E-state index is 0.0119. The van der Waals surface area contributed by atoms with Crippen LogP contribution >= 0.6 is 0 Å². The molecule has 0 radical (unpaired) electrons. The van der Waals surface area contributed by atoms with E-state index in [9.17, 15) is 18.0 Å². The van der Waals surface area contributed by atoms with Crippen LogP contribution in [0.1, 0.15) is 38.7 Å². The molecular formula is C32H39N5O4S. The molecule has 1 fully saturated rings. The maximum atomic E-state index is 13.3. The molecule has 0 atom stereocenters. The predicted molar refractivity (Wildman–Crippen MR) is 170 cm³/mol. The Morgan fingerprint density at radius 3 is 2.38 bits per heavy atom. The van der Waals surface area contributed by atoms with Crippen molar-refractivity contribution in [3.05, 3.63) is 70.2 Å². The maximum absolute atomic E-state index is 13.3. The van der Waals surface area contributed by atoms with Crippen LogP contribution in [0, 0.1) is 0 Å². The largest absolute Gasteiger partial charge is 0.387 e. The Hall–Kier alpha value is -3.76. The second-order valence-electron chi connectivity index (χ2n) is 11.1. The summed E-state index contributed by atoms with van der Waals surface area (Å²) >= 11 is 0. The first kappa shape index (κ1) is 29.7. The second kappa shape index (κ2) is 12.6. The summed E-state index contributed by atoms with van der Waals surface area (Å²) in [6.45, 7) is 7.72. The van der Waals surface area contributed by atoms with Gasteiger partial charge in [-0.3, -0.25) is 14.5 Å². The third-order valence-electron chi connectivity index (χ3n) is 7.95. The molecule has 5 rings (SSSR count). The standard InChI is InChI=1S/C32H39N5O4S/c1-3-10-36(11-4-2)31(38)27-20-26-6-5-24(21-29(26)34-30(33)22-27)23-7-8-28-25(19-23)9-12-37(32(28)39)14-13-35-15-17-42(40,41)18-16-35/h5-9,12,19-21H,3-4,10-11,13-18,22H2,1-2H3,(H2,33,34). The number of pyridine rings is 1. The lowest BCUT2D eigenvalue weighted by molar-refractivity contribution is -0.127. The van der Waals surface area contributed by atoms with Crippen LogP contribution in [0.4, 0.5) is 5.69 Å². The molecular weight excluding hydrogens is 550 g/mol. The molecule has 0 aliphatic carbocycles. The van der Waals surface area contributed by atoms with Gasteiger partial charge in [0.15, 0.2) is 9.84 Å². The van der Waals surface area contributed by atoms with E-state index in [1.165, 1.54) is 0 Å². The van der Waals surface area contributed by atoms with E-state index < -0.39 is 9.84 Å². The zero-order chi connectivity index (χ0) is 29.9. The van der Waals surface area contributed by atoms with E-state index in [2.05, 4.69) is 23.7 Å². The monoisotopic (exact) mass is 589 g/mol. The third-order valence-corrected chi connectivity index (χ3v) is 9.56. The Kier molecular flexibility index (Phi) is 8.93. The minimum atomic E-state index is -2.93. The van der Waals surface area contributed by atoms with Crippen molar-refractivity contribution in [1.82, 2.24) is 14.4 Å². The summed E-state index contributed by atoms with van der Waals surface area (Å²) in [5.41, 5.74) is 10.3. The highest BCUT2D eigenvalue weighted by Gasteiger charge is 2.22. The first-order chi connectivity index (χ1) is 20.2. The average molecular weight is 590 g/mol. The summed E-state index contributed by atoms with van der Waals surface area (Å²) in [6.07, 6.45) is 5.82. The van der Waals surface area contributed by atoms with Gasteiger partial charge in [-0.25, -0.2) is 13.4 Å². The molecule has 0 bridgehead atoms. The summed E-state index contributed by atoms with van der Waals surface area (Å²) < 4.78 is 25.1. The number of hydrogen-bond acceptors (Lipinski definition) is 7. The van der Waals surface area contributed by atoms with E-state index in [0.717, 1.165) is 34.9 Å². The van der Waals surface area contributed by atoms with E-state index in [0.29, 0.717) is 68.2 Å². The molecule has 1 aromatic heterocycles. The zero-order valence-corrected chi connectivity index (χ0v) is 25.2. The number of sulfone groups is 1. The van der Waals surface area contributed by atoms with Crippen LogP contribution in [0.2, 0.25) is 0 Å². The summed E-state index contributed by atoms with van der Waals surface area (Å²) in [6, 6.07) is 13.7. The second-order valence-corrected chi connectivity index (χ2v) is 13.4. The SMILES string of the molecule is CCCN(CCC)C(=O)C1=Cc2ccc(-c3ccc4c(=O)n(CCN5CCS(=O)(=O)CC5)ccc4c3)cc2N=C(N)C1. The van der Waals surface area contributed by atoms with Gasteiger partial charge in [0.2, 0.25) is 5.91 Å². The van der Waals surface area contributed by atoms with Crippen molar-refractivity contribution in [1.29, 1.82) is 0 Å². The molecule has 9 nitrogen and oxygen atoms in total. The molecule has 0 spiro atoms. The average Bonchev–Trinajstić information content (AvgIpc) is 3.14. The normalized spacial score (nSPS) is 16.8.